The smallest absolute Gasteiger partial charge is 0.296 e. The monoisotopic (exact) mass is 291 g/mol. The molecule has 1 aromatic heterocycles. The molecule has 0 radical (unpaired) electrons. The maximum atomic E-state index is 12.4. The Bertz CT molecular complexity index is 765. The molecular formula is C17H13N3O2. The van der Waals surface area contributed by atoms with E-state index >= 15 is 0 Å². The molecule has 1 saturated heterocycles. The minimum absolute atomic E-state index is 0.0483. The third-order valence-corrected chi connectivity index (χ3v) is 3.72. The normalized spacial score (nSPS) is 21.2. The first-order chi connectivity index (χ1) is 10.7. The van der Waals surface area contributed by atoms with Gasteiger partial charge in [-0.1, -0.05) is 36.4 Å². The molecule has 5 heteroatoms. The predicted octanol–water partition coefficient (Wildman–Crippen LogP) is 1.12. The maximum Gasteiger partial charge on any atom is 0.296 e. The molecule has 2 amide bonds. The lowest BCUT2D eigenvalue weighted by atomic mass is 9.81. The van der Waals surface area contributed by atoms with Gasteiger partial charge in [-0.15, -0.1) is 0 Å². The van der Waals surface area contributed by atoms with Crippen LogP contribution in [0, 0.1) is 0 Å². The summed E-state index contributed by atoms with van der Waals surface area (Å²) in [6.45, 7) is 0. The molecule has 1 aromatic carbocycles. The Hall–Kier alpha value is -3.04. The van der Waals surface area contributed by atoms with Gasteiger partial charge in [-0.25, -0.2) is 0 Å². The molecule has 0 saturated carbocycles. The van der Waals surface area contributed by atoms with Crippen molar-refractivity contribution in [2.75, 3.05) is 0 Å². The van der Waals surface area contributed by atoms with Crippen molar-refractivity contribution in [2.24, 2.45) is 0 Å². The molecule has 0 unspecified atom stereocenters. The van der Waals surface area contributed by atoms with Crippen molar-refractivity contribution in [1.82, 2.24) is 5.32 Å². The van der Waals surface area contributed by atoms with E-state index in [4.69, 9.17) is 0 Å². The highest BCUT2D eigenvalue weighted by molar-refractivity contribution is 6.14. The van der Waals surface area contributed by atoms with E-state index < -0.39 is 23.8 Å². The number of carbonyl (C=O) groups is 2. The zero-order chi connectivity index (χ0) is 15.5. The molecule has 3 rings (SSSR count). The van der Waals surface area contributed by atoms with Gasteiger partial charge < -0.3 is 5.41 Å². The standard InChI is InChI=1S/C17H13N3O2/c18-11-13-14(12-7-3-1-4-8-12)15(17(22)19-16(13)21)20-9-5-2-6-10-20/h1-10,14-15H,(H,19,21,22)/t14-,15+/m0/s1. The number of rotatable bonds is 2. The van der Waals surface area contributed by atoms with Gasteiger partial charge in [0.25, 0.3) is 11.8 Å². The zero-order valence-electron chi connectivity index (χ0n) is 11.6. The van der Waals surface area contributed by atoms with Crippen LogP contribution in [0.3, 0.4) is 0 Å². The van der Waals surface area contributed by atoms with Crippen molar-refractivity contribution in [3.05, 3.63) is 77.5 Å². The van der Waals surface area contributed by atoms with Gasteiger partial charge in [0.2, 0.25) is 6.04 Å². The Balaban J connectivity index is 2.18. The second-order valence-electron chi connectivity index (χ2n) is 5.00. The molecule has 2 atom stereocenters. The summed E-state index contributed by atoms with van der Waals surface area (Å²) in [6, 6.07) is 13.9. The first kappa shape index (κ1) is 13.9. The molecule has 2 heterocycles. The molecule has 1 aliphatic heterocycles. The van der Waals surface area contributed by atoms with Crippen LogP contribution < -0.4 is 9.88 Å². The van der Waals surface area contributed by atoms with Crippen molar-refractivity contribution in [2.45, 2.75) is 12.0 Å². The molecule has 0 aliphatic carbocycles. The average Bonchev–Trinajstić information content (AvgIpc) is 2.56. The third kappa shape index (κ3) is 2.34. The number of carbonyl (C=O) groups excluding carboxylic acids is 2. The molecule has 22 heavy (non-hydrogen) atoms. The van der Waals surface area contributed by atoms with Gasteiger partial charge >= 0.3 is 0 Å². The van der Waals surface area contributed by atoms with Crippen LogP contribution in [-0.4, -0.2) is 17.7 Å². The van der Waals surface area contributed by atoms with Gasteiger partial charge in [-0.2, -0.15) is 4.57 Å². The van der Waals surface area contributed by atoms with E-state index in [2.05, 4.69) is 5.32 Å². The number of amides is 2. The van der Waals surface area contributed by atoms with Gasteiger partial charge in [0, 0.05) is 12.1 Å². The number of hydrogen-bond donors (Lipinski definition) is 1. The van der Waals surface area contributed by atoms with Crippen LogP contribution in [0.1, 0.15) is 17.5 Å². The van der Waals surface area contributed by atoms with E-state index in [1.165, 1.54) is 0 Å². The summed E-state index contributed by atoms with van der Waals surface area (Å²) in [6.07, 6.45) is 3.51. The first-order valence-electron chi connectivity index (χ1n) is 6.85. The van der Waals surface area contributed by atoms with Gasteiger partial charge in [-0.3, -0.25) is 20.8 Å². The number of imide groups is 1. The number of nitrogens with zero attached hydrogens (tertiary/aromatic N) is 2. The number of nitrogens with one attached hydrogen (secondary N) is 1. The SMILES string of the molecule is [N-]=C=C1C(=O)NC(=O)[C@H]([n+]2ccccc2)[C@H]1c1ccccc1. The topological polar surface area (TPSA) is 72.3 Å². The predicted molar refractivity (Wildman–Crippen MR) is 79.9 cm³/mol. The number of pyridine rings is 1. The highest BCUT2D eigenvalue weighted by Crippen LogP contribution is 2.34. The van der Waals surface area contributed by atoms with E-state index in [-0.39, 0.29) is 5.57 Å². The lowest BCUT2D eigenvalue weighted by Crippen LogP contribution is -2.57. The van der Waals surface area contributed by atoms with Crippen LogP contribution in [0.4, 0.5) is 0 Å². The van der Waals surface area contributed by atoms with Crippen LogP contribution in [-0.2, 0) is 9.59 Å². The fourth-order valence-corrected chi connectivity index (χ4v) is 2.74. The minimum atomic E-state index is -0.670. The number of piperidine rings is 1. The van der Waals surface area contributed by atoms with Crippen molar-refractivity contribution >= 4 is 17.7 Å². The fraction of sp³-hybridized carbons (Fsp3) is 0.118. The van der Waals surface area contributed by atoms with Crippen LogP contribution in [0.25, 0.3) is 5.41 Å². The van der Waals surface area contributed by atoms with Crippen LogP contribution in [0.5, 0.6) is 0 Å². The highest BCUT2D eigenvalue weighted by atomic mass is 16.2. The number of benzene rings is 1. The third-order valence-electron chi connectivity index (χ3n) is 3.72. The van der Waals surface area contributed by atoms with Gasteiger partial charge in [0.05, 0.1) is 11.5 Å². The van der Waals surface area contributed by atoms with E-state index in [0.717, 1.165) is 5.56 Å². The first-order valence-corrected chi connectivity index (χ1v) is 6.85. The van der Waals surface area contributed by atoms with Gasteiger partial charge in [-0.05, 0) is 5.56 Å². The van der Waals surface area contributed by atoms with Gasteiger partial charge in [0.15, 0.2) is 12.4 Å². The Morgan fingerprint density at radius 3 is 2.27 bits per heavy atom. The lowest BCUT2D eigenvalue weighted by Gasteiger charge is -2.28. The molecule has 1 fully saturated rings. The van der Waals surface area contributed by atoms with Crippen LogP contribution in [0.2, 0.25) is 0 Å². The maximum absolute atomic E-state index is 12.4. The van der Waals surface area contributed by atoms with Crippen molar-refractivity contribution in [3.8, 4) is 0 Å². The molecule has 5 nitrogen and oxygen atoms in total. The van der Waals surface area contributed by atoms with Crippen molar-refractivity contribution in [1.29, 1.82) is 0 Å². The molecule has 0 spiro atoms. The zero-order valence-corrected chi connectivity index (χ0v) is 11.6. The summed E-state index contributed by atoms with van der Waals surface area (Å²) >= 11 is 0. The summed E-state index contributed by atoms with van der Waals surface area (Å²) in [4.78, 5) is 24.4. The quantitative estimate of drug-likeness (QED) is 0.390. The highest BCUT2D eigenvalue weighted by Gasteiger charge is 2.46. The fourth-order valence-electron chi connectivity index (χ4n) is 2.74. The molecular weight excluding hydrogens is 278 g/mol. The Morgan fingerprint density at radius 2 is 1.64 bits per heavy atom. The van der Waals surface area contributed by atoms with E-state index in [0.29, 0.717) is 0 Å². The summed E-state index contributed by atoms with van der Waals surface area (Å²) in [5.41, 5.74) is 0.816. The number of hydrogen-bond acceptors (Lipinski definition) is 2. The molecule has 2 aromatic rings. The molecule has 0 bridgehead atoms. The minimum Gasteiger partial charge on any atom is -0.763 e. The second kappa shape index (κ2) is 5.76. The molecule has 1 N–H and O–H groups in total. The summed E-state index contributed by atoms with van der Waals surface area (Å²) in [5.74, 6) is 0.339. The van der Waals surface area contributed by atoms with Crippen molar-refractivity contribution < 1.29 is 14.2 Å². The van der Waals surface area contributed by atoms with E-state index in [1.807, 2.05) is 42.3 Å². The average molecular weight is 291 g/mol. The van der Waals surface area contributed by atoms with E-state index in [1.54, 1.807) is 29.1 Å². The summed E-state index contributed by atoms with van der Waals surface area (Å²) in [7, 11) is 0. The van der Waals surface area contributed by atoms with Crippen molar-refractivity contribution in [3.63, 3.8) is 0 Å². The van der Waals surface area contributed by atoms with Gasteiger partial charge in [0.1, 0.15) is 0 Å². The Morgan fingerprint density at radius 1 is 1.00 bits per heavy atom. The van der Waals surface area contributed by atoms with Crippen LogP contribution >= 0.6 is 0 Å². The molecule has 1 aliphatic rings. The lowest BCUT2D eigenvalue weighted by molar-refractivity contribution is -0.711. The second-order valence-corrected chi connectivity index (χ2v) is 5.00. The van der Waals surface area contributed by atoms with Crippen LogP contribution in [0.15, 0.2) is 66.5 Å². The summed E-state index contributed by atoms with van der Waals surface area (Å²) in [5, 5.41) is 11.6. The number of aromatic nitrogens is 1. The largest absolute Gasteiger partial charge is 0.763 e. The Labute approximate surface area is 127 Å². The van der Waals surface area contributed by atoms with E-state index in [9.17, 15) is 15.0 Å². The Kier molecular flexibility index (Phi) is 3.64. The molecule has 108 valence electrons. The summed E-state index contributed by atoms with van der Waals surface area (Å²) < 4.78 is 1.72.